The predicted molar refractivity (Wildman–Crippen MR) is 267 cm³/mol. The molecule has 0 saturated carbocycles. The fourth-order valence-corrected chi connectivity index (χ4v) is 10.2. The van der Waals surface area contributed by atoms with E-state index in [1.165, 1.54) is 15.6 Å². The van der Waals surface area contributed by atoms with Crippen molar-refractivity contribution in [3.8, 4) is 67.5 Å². The van der Waals surface area contributed by atoms with E-state index in [1.54, 1.807) is 11.3 Å². The number of aromatic nitrogens is 3. The van der Waals surface area contributed by atoms with Crippen LogP contribution >= 0.6 is 11.3 Å². The summed E-state index contributed by atoms with van der Waals surface area (Å²) in [7, 11) is 0. The average molecular weight is 840 g/mol. The molecule has 0 N–H and O–H groups in total. The first kappa shape index (κ1) is 37.6. The number of fused-ring (bicyclic) bond motifs is 7. The molecule has 12 aromatic rings. The minimum Gasteiger partial charge on any atom is -0.456 e. The largest absolute Gasteiger partial charge is 0.456 e. The average Bonchev–Trinajstić information content (AvgIpc) is 4.05. The monoisotopic (exact) mass is 839 g/mol. The highest BCUT2D eigenvalue weighted by Gasteiger charge is 2.22. The summed E-state index contributed by atoms with van der Waals surface area (Å²) in [6.45, 7) is 6.18. The summed E-state index contributed by atoms with van der Waals surface area (Å²) in [5, 5.41) is 5.26. The lowest BCUT2D eigenvalue weighted by atomic mass is 9.89. The highest BCUT2D eigenvalue weighted by Crippen LogP contribution is 2.46. The second-order valence-corrected chi connectivity index (χ2v) is 16.9. The summed E-state index contributed by atoms with van der Waals surface area (Å²) in [6.07, 6.45) is 6.22. The molecular weight excluding hydrogens is 803 g/mol. The first-order valence-electron chi connectivity index (χ1n) is 21.3. The molecule has 0 saturated heterocycles. The Morgan fingerprint density at radius 1 is 0.453 bits per heavy atom. The number of thiophene rings is 1. The number of furan rings is 2. The van der Waals surface area contributed by atoms with Crippen LogP contribution in [0.1, 0.15) is 17.4 Å². The quantitative estimate of drug-likeness (QED) is 0.152. The molecule has 0 atom stereocenters. The van der Waals surface area contributed by atoms with Gasteiger partial charge in [-0.15, -0.1) is 11.3 Å². The molecule has 0 fully saturated rings. The second-order valence-electron chi connectivity index (χ2n) is 15.9. The van der Waals surface area contributed by atoms with Crippen molar-refractivity contribution in [1.29, 1.82) is 0 Å². The molecular formula is C58H37N3O2S. The zero-order valence-electron chi connectivity index (χ0n) is 34.7. The molecule has 8 aromatic carbocycles. The SMILES string of the molecule is C=Cc1sc2cc(-c3ccc4oc5ccccc5c4c3-c3ccc4oc5cccc(-c6nc(-c7ccccc7)nc(-c7cccc(-c8ccccc8)c7)n6)c5c4c3)ccc2c1/C=C\C. The number of hydrogen-bond donors (Lipinski definition) is 0. The zero-order chi connectivity index (χ0) is 42.7. The van der Waals surface area contributed by atoms with Gasteiger partial charge in [0.05, 0.1) is 0 Å². The number of hydrogen-bond acceptors (Lipinski definition) is 6. The summed E-state index contributed by atoms with van der Waals surface area (Å²) in [5.74, 6) is 1.76. The third-order valence-corrected chi connectivity index (χ3v) is 13.2. The summed E-state index contributed by atoms with van der Waals surface area (Å²) < 4.78 is 14.4. The van der Waals surface area contributed by atoms with E-state index >= 15 is 0 Å². The van der Waals surface area contributed by atoms with Gasteiger partial charge in [-0.2, -0.15) is 0 Å². The van der Waals surface area contributed by atoms with Gasteiger partial charge in [-0.25, -0.2) is 15.0 Å². The van der Waals surface area contributed by atoms with E-state index in [9.17, 15) is 0 Å². The van der Waals surface area contributed by atoms with Gasteiger partial charge in [0.15, 0.2) is 17.5 Å². The van der Waals surface area contributed by atoms with Gasteiger partial charge in [-0.1, -0.05) is 158 Å². The molecule has 6 heteroatoms. The molecule has 12 rings (SSSR count). The Hall–Kier alpha value is -8.19. The summed E-state index contributed by atoms with van der Waals surface area (Å²) in [5.41, 5.74) is 13.7. The molecule has 0 radical (unpaired) electrons. The van der Waals surface area contributed by atoms with Crippen LogP contribution in [0.5, 0.6) is 0 Å². The van der Waals surface area contributed by atoms with Crippen LogP contribution in [0.2, 0.25) is 0 Å². The number of para-hydroxylation sites is 1. The molecule has 64 heavy (non-hydrogen) atoms. The molecule has 0 amide bonds. The Bertz CT molecular complexity index is 3820. The van der Waals surface area contributed by atoms with E-state index in [2.05, 4.69) is 141 Å². The lowest BCUT2D eigenvalue weighted by Gasteiger charge is -2.13. The lowest BCUT2D eigenvalue weighted by molar-refractivity contribution is 0.669. The van der Waals surface area contributed by atoms with Gasteiger partial charge in [0.2, 0.25) is 0 Å². The summed E-state index contributed by atoms with van der Waals surface area (Å²) >= 11 is 1.77. The van der Waals surface area contributed by atoms with Crippen molar-refractivity contribution in [3.63, 3.8) is 0 Å². The molecule has 0 bridgehead atoms. The van der Waals surface area contributed by atoms with E-state index in [-0.39, 0.29) is 0 Å². The van der Waals surface area contributed by atoms with E-state index < -0.39 is 0 Å². The normalized spacial score (nSPS) is 11.8. The van der Waals surface area contributed by atoms with Crippen LogP contribution in [0.25, 0.3) is 134 Å². The molecule has 5 nitrogen and oxygen atoms in total. The van der Waals surface area contributed by atoms with E-state index in [0.717, 1.165) is 98.8 Å². The minimum atomic E-state index is 0.566. The maximum Gasteiger partial charge on any atom is 0.164 e. The number of allylic oxidation sites excluding steroid dienone is 1. The summed E-state index contributed by atoms with van der Waals surface area (Å²) in [6, 6.07) is 60.9. The third kappa shape index (κ3) is 6.26. The van der Waals surface area contributed by atoms with Gasteiger partial charge in [0.25, 0.3) is 0 Å². The standard InChI is InChI=1S/C58H37N3O2S/c1-3-15-42-43-28-26-38(34-52(43)64-51(42)4-2)41-29-31-50-55(44-22-11-12-24-47(44)62-50)53(41)39-27-30-48-46(33-39)54-45(23-14-25-49(54)63-48)58-60-56(36-18-9-6-10-19-36)59-57(61-58)40-21-13-20-37(32-40)35-16-7-5-8-17-35/h3-34H,2H2,1H3/b15-3-. The highest BCUT2D eigenvalue weighted by molar-refractivity contribution is 7.20. The Morgan fingerprint density at radius 3 is 1.91 bits per heavy atom. The second kappa shape index (κ2) is 15.3. The van der Waals surface area contributed by atoms with Crippen LogP contribution in [0.3, 0.4) is 0 Å². The first-order valence-corrected chi connectivity index (χ1v) is 22.1. The van der Waals surface area contributed by atoms with Crippen molar-refractivity contribution in [3.05, 3.63) is 199 Å². The van der Waals surface area contributed by atoms with Crippen LogP contribution in [0, 0.1) is 0 Å². The van der Waals surface area contributed by atoms with Crippen molar-refractivity contribution in [2.75, 3.05) is 0 Å². The molecule has 0 aliphatic carbocycles. The van der Waals surface area contributed by atoms with Gasteiger partial charge < -0.3 is 8.83 Å². The molecule has 4 heterocycles. The highest BCUT2D eigenvalue weighted by atomic mass is 32.1. The molecule has 0 unspecified atom stereocenters. The molecule has 302 valence electrons. The Kier molecular flexibility index (Phi) is 8.99. The third-order valence-electron chi connectivity index (χ3n) is 12.1. The van der Waals surface area contributed by atoms with Crippen LogP contribution < -0.4 is 0 Å². The lowest BCUT2D eigenvalue weighted by Crippen LogP contribution is -2.00. The topological polar surface area (TPSA) is 65.0 Å². The molecule has 0 aliphatic heterocycles. The van der Waals surface area contributed by atoms with Crippen molar-refractivity contribution in [2.24, 2.45) is 0 Å². The van der Waals surface area contributed by atoms with Crippen molar-refractivity contribution in [1.82, 2.24) is 15.0 Å². The van der Waals surface area contributed by atoms with Crippen molar-refractivity contribution in [2.45, 2.75) is 6.92 Å². The smallest absolute Gasteiger partial charge is 0.164 e. The van der Waals surface area contributed by atoms with Crippen LogP contribution in [-0.2, 0) is 0 Å². The van der Waals surface area contributed by atoms with E-state index in [0.29, 0.717) is 17.5 Å². The van der Waals surface area contributed by atoms with E-state index in [4.69, 9.17) is 23.8 Å². The maximum atomic E-state index is 6.65. The van der Waals surface area contributed by atoms with Gasteiger partial charge in [-0.3, -0.25) is 0 Å². The summed E-state index contributed by atoms with van der Waals surface area (Å²) in [4.78, 5) is 16.7. The Balaban J connectivity index is 1.08. The fraction of sp³-hybridized carbons (Fsp3) is 0.0172. The maximum absolute atomic E-state index is 6.65. The molecule has 4 aromatic heterocycles. The van der Waals surface area contributed by atoms with Gasteiger partial charge in [0.1, 0.15) is 22.3 Å². The van der Waals surface area contributed by atoms with Crippen molar-refractivity contribution >= 4 is 77.5 Å². The van der Waals surface area contributed by atoms with Crippen LogP contribution in [0.4, 0.5) is 0 Å². The Labute approximate surface area is 373 Å². The molecule has 0 aliphatic rings. The zero-order valence-corrected chi connectivity index (χ0v) is 35.6. The number of rotatable bonds is 8. The minimum absolute atomic E-state index is 0.566. The van der Waals surface area contributed by atoms with Crippen molar-refractivity contribution < 1.29 is 8.83 Å². The predicted octanol–water partition coefficient (Wildman–Crippen LogP) is 16.6. The number of nitrogens with zero attached hydrogens (tertiary/aromatic N) is 3. The fourth-order valence-electron chi connectivity index (χ4n) is 9.13. The Morgan fingerprint density at radius 2 is 1.09 bits per heavy atom. The van der Waals surface area contributed by atoms with Gasteiger partial charge in [-0.05, 0) is 82.8 Å². The van der Waals surface area contributed by atoms with Crippen LogP contribution in [0.15, 0.2) is 197 Å². The van der Waals surface area contributed by atoms with Crippen LogP contribution in [-0.4, -0.2) is 15.0 Å². The number of benzene rings is 8. The molecule has 0 spiro atoms. The van der Waals surface area contributed by atoms with Gasteiger partial charge >= 0.3 is 0 Å². The van der Waals surface area contributed by atoms with Gasteiger partial charge in [0, 0.05) is 58.8 Å². The van der Waals surface area contributed by atoms with E-state index in [1.807, 2.05) is 66.7 Å². The first-order chi connectivity index (χ1) is 31.6.